The number of non-ortho nitro benzene ring substituents is 1. The van der Waals surface area contributed by atoms with Crippen molar-refractivity contribution in [3.05, 3.63) is 98.8 Å². The number of hydrogen-bond donors (Lipinski definition) is 0. The predicted octanol–water partition coefficient (Wildman–Crippen LogP) is 5.03. The molecule has 1 heterocycles. The van der Waals surface area contributed by atoms with E-state index in [9.17, 15) is 14.9 Å². The normalized spacial score (nSPS) is 11.7. The number of ether oxygens (including phenoxy) is 1. The zero-order chi connectivity index (χ0) is 23.6. The highest BCUT2D eigenvalue weighted by Gasteiger charge is 2.18. The topological polar surface area (TPSA) is 99.6 Å². The molecule has 0 fully saturated rings. The van der Waals surface area contributed by atoms with E-state index in [0.29, 0.717) is 33.6 Å². The van der Waals surface area contributed by atoms with Gasteiger partial charge in [0.2, 0.25) is 0 Å². The molecule has 0 aliphatic rings. The van der Waals surface area contributed by atoms with Gasteiger partial charge in [0, 0.05) is 23.3 Å². The number of aromatic nitrogens is 2. The molecule has 8 heteroatoms. The fourth-order valence-electron chi connectivity index (χ4n) is 3.30. The third kappa shape index (κ3) is 4.79. The lowest BCUT2D eigenvalue weighted by Gasteiger charge is -2.22. The average molecular weight is 442 g/mol. The molecule has 166 valence electrons. The standard InChI is InChI=1S/C25H22N4O4/c1-25(2,3)33-22-14-13-19(29(31)32)15-18(22)16-26-28-23(17-9-5-4-6-10-17)27-21-12-8-7-11-20(21)24(28)30/h4-16H,1-3H3. The van der Waals surface area contributed by atoms with E-state index in [-0.39, 0.29) is 11.2 Å². The molecular weight excluding hydrogens is 420 g/mol. The number of fused-ring (bicyclic) bond motifs is 1. The van der Waals surface area contributed by atoms with Gasteiger partial charge in [-0.15, -0.1) is 0 Å². The molecule has 0 aliphatic heterocycles. The lowest BCUT2D eigenvalue weighted by molar-refractivity contribution is -0.384. The molecule has 8 nitrogen and oxygen atoms in total. The van der Waals surface area contributed by atoms with Gasteiger partial charge in [-0.1, -0.05) is 42.5 Å². The maximum Gasteiger partial charge on any atom is 0.282 e. The largest absolute Gasteiger partial charge is 0.487 e. The number of nitro benzene ring substituents is 1. The van der Waals surface area contributed by atoms with Crippen molar-refractivity contribution in [1.82, 2.24) is 9.66 Å². The van der Waals surface area contributed by atoms with Gasteiger partial charge in [0.15, 0.2) is 5.82 Å². The van der Waals surface area contributed by atoms with Crippen molar-refractivity contribution >= 4 is 22.8 Å². The predicted molar refractivity (Wildman–Crippen MR) is 128 cm³/mol. The molecule has 0 saturated carbocycles. The van der Waals surface area contributed by atoms with Crippen LogP contribution in [0.2, 0.25) is 0 Å². The van der Waals surface area contributed by atoms with Crippen molar-refractivity contribution in [3.8, 4) is 17.1 Å². The summed E-state index contributed by atoms with van der Waals surface area (Å²) in [6.07, 6.45) is 1.39. The Balaban J connectivity index is 1.91. The lowest BCUT2D eigenvalue weighted by Crippen LogP contribution is -2.24. The van der Waals surface area contributed by atoms with Crippen LogP contribution in [0.25, 0.3) is 22.3 Å². The van der Waals surface area contributed by atoms with E-state index in [1.54, 1.807) is 18.2 Å². The third-order valence-corrected chi connectivity index (χ3v) is 4.72. The average Bonchev–Trinajstić information content (AvgIpc) is 2.78. The molecule has 4 rings (SSSR count). The summed E-state index contributed by atoms with van der Waals surface area (Å²) in [5, 5.41) is 16.1. The Morgan fingerprint density at radius 3 is 2.42 bits per heavy atom. The van der Waals surface area contributed by atoms with Gasteiger partial charge >= 0.3 is 0 Å². The molecule has 0 radical (unpaired) electrons. The molecule has 0 bridgehead atoms. The van der Waals surface area contributed by atoms with E-state index >= 15 is 0 Å². The van der Waals surface area contributed by atoms with E-state index < -0.39 is 10.5 Å². The second-order valence-corrected chi connectivity index (χ2v) is 8.37. The Bertz CT molecular complexity index is 1420. The first-order valence-electron chi connectivity index (χ1n) is 10.3. The zero-order valence-corrected chi connectivity index (χ0v) is 18.4. The van der Waals surface area contributed by atoms with Crippen molar-refractivity contribution in [2.75, 3.05) is 0 Å². The SMILES string of the molecule is CC(C)(C)Oc1ccc([N+](=O)[O-])cc1C=Nn1c(-c2ccccc2)nc2ccccc2c1=O. The molecule has 3 aromatic carbocycles. The summed E-state index contributed by atoms with van der Waals surface area (Å²) in [7, 11) is 0. The summed E-state index contributed by atoms with van der Waals surface area (Å²) in [5.41, 5.74) is 0.653. The number of nitrogens with zero attached hydrogens (tertiary/aromatic N) is 4. The number of hydrogen-bond acceptors (Lipinski definition) is 6. The molecule has 0 unspecified atom stereocenters. The van der Waals surface area contributed by atoms with E-state index in [2.05, 4.69) is 10.1 Å². The van der Waals surface area contributed by atoms with Crippen molar-refractivity contribution in [3.63, 3.8) is 0 Å². The van der Waals surface area contributed by atoms with Crippen LogP contribution in [0.3, 0.4) is 0 Å². The first-order valence-corrected chi connectivity index (χ1v) is 10.3. The van der Waals surface area contributed by atoms with Gasteiger partial charge in [-0.25, -0.2) is 4.98 Å². The van der Waals surface area contributed by atoms with E-state index in [1.165, 1.54) is 29.1 Å². The first kappa shape index (κ1) is 21.9. The van der Waals surface area contributed by atoms with Crippen LogP contribution < -0.4 is 10.3 Å². The van der Waals surface area contributed by atoms with Gasteiger partial charge in [0.1, 0.15) is 11.4 Å². The smallest absolute Gasteiger partial charge is 0.282 e. The Labute approximate surface area is 189 Å². The fourth-order valence-corrected chi connectivity index (χ4v) is 3.30. The van der Waals surface area contributed by atoms with Crippen molar-refractivity contribution in [2.24, 2.45) is 5.10 Å². The minimum Gasteiger partial charge on any atom is -0.487 e. The van der Waals surface area contributed by atoms with Crippen LogP contribution in [0.5, 0.6) is 5.75 Å². The third-order valence-electron chi connectivity index (χ3n) is 4.72. The van der Waals surface area contributed by atoms with Gasteiger partial charge in [0.25, 0.3) is 11.2 Å². The summed E-state index contributed by atoms with van der Waals surface area (Å²) in [5.74, 6) is 0.777. The Morgan fingerprint density at radius 2 is 1.73 bits per heavy atom. The quantitative estimate of drug-likeness (QED) is 0.245. The summed E-state index contributed by atoms with van der Waals surface area (Å²) < 4.78 is 7.16. The first-order chi connectivity index (χ1) is 15.7. The van der Waals surface area contributed by atoms with Gasteiger partial charge in [-0.3, -0.25) is 14.9 Å². The highest BCUT2D eigenvalue weighted by Crippen LogP contribution is 2.26. The minimum atomic E-state index is -0.532. The highest BCUT2D eigenvalue weighted by molar-refractivity contribution is 5.85. The van der Waals surface area contributed by atoms with Crippen molar-refractivity contribution in [1.29, 1.82) is 0 Å². The molecule has 0 N–H and O–H groups in total. The lowest BCUT2D eigenvalue weighted by atomic mass is 10.1. The van der Waals surface area contributed by atoms with Crippen LogP contribution in [-0.4, -0.2) is 26.4 Å². The van der Waals surface area contributed by atoms with E-state index in [1.807, 2.05) is 57.2 Å². The summed E-state index contributed by atoms with van der Waals surface area (Å²) >= 11 is 0. The number of benzene rings is 3. The monoisotopic (exact) mass is 442 g/mol. The summed E-state index contributed by atoms with van der Waals surface area (Å²) in [6, 6.07) is 20.5. The second-order valence-electron chi connectivity index (χ2n) is 8.37. The maximum absolute atomic E-state index is 13.3. The Morgan fingerprint density at radius 1 is 1.03 bits per heavy atom. The number of nitro groups is 1. The molecule has 1 aromatic heterocycles. The number of rotatable bonds is 5. The Hall–Kier alpha value is -4.33. The van der Waals surface area contributed by atoms with Gasteiger partial charge in [-0.05, 0) is 39.0 Å². The molecule has 33 heavy (non-hydrogen) atoms. The molecule has 0 atom stereocenters. The Kier molecular flexibility index (Phi) is 5.74. The van der Waals surface area contributed by atoms with Crippen LogP contribution in [0.4, 0.5) is 5.69 Å². The van der Waals surface area contributed by atoms with E-state index in [4.69, 9.17) is 4.74 Å². The number of para-hydroxylation sites is 1. The highest BCUT2D eigenvalue weighted by atomic mass is 16.6. The molecule has 0 spiro atoms. The van der Waals surface area contributed by atoms with Gasteiger partial charge in [-0.2, -0.15) is 9.78 Å². The van der Waals surface area contributed by atoms with Crippen LogP contribution in [0.15, 0.2) is 82.7 Å². The molecule has 0 saturated heterocycles. The zero-order valence-electron chi connectivity index (χ0n) is 18.4. The van der Waals surface area contributed by atoms with Gasteiger partial charge in [0.05, 0.1) is 22.0 Å². The van der Waals surface area contributed by atoms with E-state index in [0.717, 1.165) is 0 Å². The van der Waals surface area contributed by atoms with Crippen molar-refractivity contribution < 1.29 is 9.66 Å². The molecule has 0 amide bonds. The molecule has 4 aromatic rings. The van der Waals surface area contributed by atoms with Crippen molar-refractivity contribution in [2.45, 2.75) is 26.4 Å². The second kappa shape index (κ2) is 8.66. The van der Waals surface area contributed by atoms with Crippen LogP contribution in [-0.2, 0) is 0 Å². The minimum absolute atomic E-state index is 0.107. The maximum atomic E-state index is 13.3. The summed E-state index contributed by atoms with van der Waals surface area (Å²) in [6.45, 7) is 5.63. The molecular formula is C25H22N4O4. The summed E-state index contributed by atoms with van der Waals surface area (Å²) in [4.78, 5) is 28.8. The van der Waals surface area contributed by atoms with Gasteiger partial charge < -0.3 is 4.74 Å². The van der Waals surface area contributed by atoms with Crippen LogP contribution >= 0.6 is 0 Å². The van der Waals surface area contributed by atoms with Crippen LogP contribution in [0, 0.1) is 10.1 Å². The molecule has 0 aliphatic carbocycles. The fraction of sp³-hybridized carbons (Fsp3) is 0.160. The van der Waals surface area contributed by atoms with Crippen LogP contribution in [0.1, 0.15) is 26.3 Å².